The van der Waals surface area contributed by atoms with E-state index in [9.17, 15) is 10.2 Å². The number of hydrogen-bond donors (Lipinski definition) is 4. The number of nitrogens with one attached hydrogen (secondary N) is 2. The highest BCUT2D eigenvalue weighted by molar-refractivity contribution is 5.69. The van der Waals surface area contributed by atoms with Gasteiger partial charge in [-0.3, -0.25) is 0 Å². The van der Waals surface area contributed by atoms with Gasteiger partial charge in [-0.25, -0.2) is 9.97 Å². The number of aryl methyl sites for hydroxylation is 1. The molecule has 1 aromatic heterocycles. The van der Waals surface area contributed by atoms with E-state index in [1.165, 1.54) is 0 Å². The quantitative estimate of drug-likeness (QED) is 0.557. The molecule has 0 saturated carbocycles. The van der Waals surface area contributed by atoms with Crippen LogP contribution in [0.5, 0.6) is 11.5 Å². The number of nitrogens with zero attached hydrogens (tertiary/aromatic N) is 2. The van der Waals surface area contributed by atoms with Crippen LogP contribution < -0.4 is 10.6 Å². The first-order valence-electron chi connectivity index (χ1n) is 8.05. The molecule has 2 aromatic carbocycles. The fourth-order valence-electron chi connectivity index (χ4n) is 2.58. The van der Waals surface area contributed by atoms with Crippen LogP contribution in [0.1, 0.15) is 18.3 Å². The lowest BCUT2D eigenvalue weighted by molar-refractivity contribution is 0.475. The zero-order chi connectivity index (χ0) is 17.8. The molecule has 0 unspecified atom stereocenters. The molecule has 0 fully saturated rings. The van der Waals surface area contributed by atoms with Gasteiger partial charge in [0.2, 0.25) is 0 Å². The normalized spacial score (nSPS) is 10.5. The smallest absolute Gasteiger partial charge is 0.139 e. The van der Waals surface area contributed by atoms with Gasteiger partial charge in [0.25, 0.3) is 0 Å². The average Bonchev–Trinajstić information content (AvgIpc) is 2.55. The maximum atomic E-state index is 9.64. The van der Waals surface area contributed by atoms with E-state index < -0.39 is 0 Å². The van der Waals surface area contributed by atoms with Gasteiger partial charge >= 0.3 is 0 Å². The number of benzene rings is 2. The molecule has 0 bridgehead atoms. The predicted octanol–water partition coefficient (Wildman–Crippen LogP) is 4.25. The molecule has 0 aliphatic carbocycles. The number of rotatable bonds is 5. The summed E-state index contributed by atoms with van der Waals surface area (Å²) in [5.41, 5.74) is 2.41. The second kappa shape index (κ2) is 7.09. The van der Waals surface area contributed by atoms with Crippen LogP contribution in [-0.2, 0) is 6.42 Å². The van der Waals surface area contributed by atoms with Gasteiger partial charge in [-0.05, 0) is 37.6 Å². The van der Waals surface area contributed by atoms with Gasteiger partial charge in [0.15, 0.2) is 0 Å². The van der Waals surface area contributed by atoms with Crippen molar-refractivity contribution in [2.75, 3.05) is 10.6 Å². The Labute approximate surface area is 146 Å². The number of hydrogen-bond acceptors (Lipinski definition) is 6. The van der Waals surface area contributed by atoms with Crippen molar-refractivity contribution in [3.05, 3.63) is 59.9 Å². The Morgan fingerprint density at radius 2 is 1.32 bits per heavy atom. The molecule has 128 valence electrons. The number of phenols is 2. The molecule has 0 radical (unpaired) electrons. The van der Waals surface area contributed by atoms with Crippen molar-refractivity contribution in [3.8, 4) is 11.5 Å². The molecule has 0 atom stereocenters. The van der Waals surface area contributed by atoms with Crippen molar-refractivity contribution < 1.29 is 10.2 Å². The zero-order valence-electron chi connectivity index (χ0n) is 14.1. The van der Waals surface area contributed by atoms with Crippen molar-refractivity contribution in [3.63, 3.8) is 0 Å². The summed E-state index contributed by atoms with van der Waals surface area (Å²) in [5, 5.41) is 25.8. The summed E-state index contributed by atoms with van der Waals surface area (Å²) in [6.45, 7) is 3.84. The molecule has 0 aliphatic rings. The van der Waals surface area contributed by atoms with Gasteiger partial charge < -0.3 is 20.8 Å². The van der Waals surface area contributed by atoms with Crippen LogP contribution in [0.4, 0.5) is 23.0 Å². The lowest BCUT2D eigenvalue weighted by Gasteiger charge is -2.16. The van der Waals surface area contributed by atoms with Crippen molar-refractivity contribution in [1.29, 1.82) is 0 Å². The Kier molecular flexibility index (Phi) is 4.70. The second-order valence-electron chi connectivity index (χ2n) is 5.65. The molecule has 3 rings (SSSR count). The number of phenolic OH excluding ortho intramolecular Hbond substituents is 2. The van der Waals surface area contributed by atoms with Gasteiger partial charge in [-0.1, -0.05) is 19.1 Å². The largest absolute Gasteiger partial charge is 0.508 e. The molecule has 0 saturated heterocycles. The maximum absolute atomic E-state index is 9.64. The van der Waals surface area contributed by atoms with Crippen LogP contribution >= 0.6 is 0 Å². The third-order valence-corrected chi connectivity index (χ3v) is 3.69. The molecule has 4 N–H and O–H groups in total. The highest BCUT2D eigenvalue weighted by atomic mass is 16.3. The van der Waals surface area contributed by atoms with Gasteiger partial charge in [-0.2, -0.15) is 0 Å². The molecule has 3 aromatic rings. The fraction of sp³-hybridized carbons (Fsp3) is 0.158. The van der Waals surface area contributed by atoms with Crippen molar-refractivity contribution in [2.24, 2.45) is 0 Å². The van der Waals surface area contributed by atoms with Crippen LogP contribution in [0.15, 0.2) is 48.5 Å². The average molecular weight is 336 g/mol. The number of aromatic hydroxyl groups is 2. The topological polar surface area (TPSA) is 90.3 Å². The minimum Gasteiger partial charge on any atom is -0.508 e. The predicted molar refractivity (Wildman–Crippen MR) is 98.9 cm³/mol. The minimum atomic E-state index is 0.187. The van der Waals surface area contributed by atoms with E-state index >= 15 is 0 Å². The Hall–Kier alpha value is -3.28. The van der Waals surface area contributed by atoms with Crippen molar-refractivity contribution in [2.45, 2.75) is 20.3 Å². The minimum absolute atomic E-state index is 0.187. The molecule has 1 heterocycles. The lowest BCUT2D eigenvalue weighted by Crippen LogP contribution is -2.07. The van der Waals surface area contributed by atoms with Crippen molar-refractivity contribution >= 4 is 23.0 Å². The highest BCUT2D eigenvalue weighted by Crippen LogP contribution is 2.29. The fourth-order valence-corrected chi connectivity index (χ4v) is 2.58. The van der Waals surface area contributed by atoms with Crippen LogP contribution in [0.3, 0.4) is 0 Å². The van der Waals surface area contributed by atoms with E-state index in [-0.39, 0.29) is 11.5 Å². The zero-order valence-corrected chi connectivity index (χ0v) is 14.1. The second-order valence-corrected chi connectivity index (χ2v) is 5.65. The first kappa shape index (κ1) is 16.6. The first-order valence-corrected chi connectivity index (χ1v) is 8.05. The lowest BCUT2D eigenvalue weighted by atomic mass is 10.2. The van der Waals surface area contributed by atoms with Gasteiger partial charge in [0.05, 0.1) is 0 Å². The Balaban J connectivity index is 1.97. The van der Waals surface area contributed by atoms with Crippen LogP contribution in [-0.4, -0.2) is 20.2 Å². The van der Waals surface area contributed by atoms with E-state index in [0.717, 1.165) is 16.9 Å². The molecule has 0 spiro atoms. The summed E-state index contributed by atoms with van der Waals surface area (Å²) < 4.78 is 0. The number of anilines is 4. The van der Waals surface area contributed by atoms with Gasteiger partial charge in [0, 0.05) is 29.1 Å². The summed E-state index contributed by atoms with van der Waals surface area (Å²) >= 11 is 0. The van der Waals surface area contributed by atoms with Gasteiger partial charge in [0.1, 0.15) is 29.0 Å². The van der Waals surface area contributed by atoms with Crippen LogP contribution in [0.2, 0.25) is 0 Å². The van der Waals surface area contributed by atoms with E-state index in [1.54, 1.807) is 36.4 Å². The molecule has 0 amide bonds. The van der Waals surface area contributed by atoms with E-state index in [0.29, 0.717) is 23.9 Å². The molecular weight excluding hydrogens is 316 g/mol. The van der Waals surface area contributed by atoms with E-state index in [4.69, 9.17) is 0 Å². The summed E-state index contributed by atoms with van der Waals surface area (Å²) in [6, 6.07) is 13.8. The monoisotopic (exact) mass is 336 g/mol. The van der Waals surface area contributed by atoms with Crippen molar-refractivity contribution in [1.82, 2.24) is 9.97 Å². The Bertz CT molecular complexity index is 828. The molecular formula is C19H20N4O2. The standard InChI is InChI=1S/C19H20N4O2/c1-3-17-18(22-13-6-4-8-15(24)10-13)20-12(2)21-19(17)23-14-7-5-9-16(25)11-14/h4-11,24-25H,3H2,1-2H3,(H2,20,21,22,23). The Morgan fingerprint density at radius 1 is 0.840 bits per heavy atom. The highest BCUT2D eigenvalue weighted by Gasteiger charge is 2.13. The third-order valence-electron chi connectivity index (χ3n) is 3.69. The van der Waals surface area contributed by atoms with Crippen LogP contribution in [0.25, 0.3) is 0 Å². The summed E-state index contributed by atoms with van der Waals surface area (Å²) in [4.78, 5) is 8.99. The van der Waals surface area contributed by atoms with E-state index in [2.05, 4.69) is 20.6 Å². The van der Waals surface area contributed by atoms with Gasteiger partial charge in [-0.15, -0.1) is 0 Å². The van der Waals surface area contributed by atoms with E-state index in [1.807, 2.05) is 26.0 Å². The summed E-state index contributed by atoms with van der Waals surface area (Å²) in [6.07, 6.45) is 0.711. The SMILES string of the molecule is CCc1c(Nc2cccc(O)c2)nc(C)nc1Nc1cccc(O)c1. The molecule has 0 aliphatic heterocycles. The molecule has 6 heteroatoms. The first-order chi connectivity index (χ1) is 12.0. The Morgan fingerprint density at radius 3 is 1.72 bits per heavy atom. The maximum Gasteiger partial charge on any atom is 0.139 e. The van der Waals surface area contributed by atoms with Crippen LogP contribution in [0, 0.1) is 6.92 Å². The molecule has 6 nitrogen and oxygen atoms in total. The molecule has 25 heavy (non-hydrogen) atoms. The summed E-state index contributed by atoms with van der Waals surface area (Å²) in [7, 11) is 0. The summed E-state index contributed by atoms with van der Waals surface area (Å²) in [5.74, 6) is 2.35. The third kappa shape index (κ3) is 3.98. The number of aromatic nitrogens is 2.